The van der Waals surface area contributed by atoms with Crippen molar-refractivity contribution in [2.24, 2.45) is 0 Å². The topological polar surface area (TPSA) is 89.9 Å². The first-order valence-corrected chi connectivity index (χ1v) is 11.3. The Bertz CT molecular complexity index is 1420. The number of nitrogens with one attached hydrogen (secondary N) is 1. The molecule has 37 heavy (non-hydrogen) atoms. The minimum atomic E-state index is -4.65. The first kappa shape index (κ1) is 25.8. The fourth-order valence-electron chi connectivity index (χ4n) is 3.92. The first-order chi connectivity index (χ1) is 17.5. The Morgan fingerprint density at radius 1 is 1.05 bits per heavy atom. The summed E-state index contributed by atoms with van der Waals surface area (Å²) in [7, 11) is 2.97. The van der Waals surface area contributed by atoms with E-state index >= 15 is 0 Å². The molecule has 1 aliphatic heterocycles. The van der Waals surface area contributed by atoms with Crippen molar-refractivity contribution < 1.29 is 32.2 Å². The number of rotatable bonds is 5. The number of amides is 2. The van der Waals surface area contributed by atoms with E-state index in [1.807, 2.05) is 0 Å². The molecule has 1 unspecified atom stereocenters. The second kappa shape index (κ2) is 10.00. The third kappa shape index (κ3) is 5.30. The zero-order valence-corrected chi connectivity index (χ0v) is 20.3. The highest BCUT2D eigenvalue weighted by molar-refractivity contribution is 6.00. The number of nitrogens with zero attached hydrogens (tertiary/aromatic N) is 2. The maximum absolute atomic E-state index is 13.4. The standard InChI is InChI=1S/C26H24F3N3O5/c1-15-19(24(34)31(2)3)12-20(25(35)32(15)17-8-6-7-16(11-17)26(27,28)29)23(33)30-13-18-14-36-21-9-4-5-10-22(21)37-18/h4-12,18H,13-14H2,1-3H3,(H,30,33). The van der Waals surface area contributed by atoms with Crippen LogP contribution in [0.1, 0.15) is 32.0 Å². The van der Waals surface area contributed by atoms with Gasteiger partial charge in [-0.05, 0) is 43.3 Å². The van der Waals surface area contributed by atoms with Crippen LogP contribution >= 0.6 is 0 Å². The molecule has 0 aliphatic carbocycles. The van der Waals surface area contributed by atoms with Crippen molar-refractivity contribution in [3.63, 3.8) is 0 Å². The van der Waals surface area contributed by atoms with E-state index < -0.39 is 40.8 Å². The van der Waals surface area contributed by atoms with Gasteiger partial charge in [-0.25, -0.2) is 0 Å². The number of halogens is 3. The molecule has 4 rings (SSSR count). The van der Waals surface area contributed by atoms with E-state index in [1.54, 1.807) is 24.3 Å². The van der Waals surface area contributed by atoms with Crippen molar-refractivity contribution in [3.8, 4) is 17.2 Å². The van der Waals surface area contributed by atoms with E-state index in [-0.39, 0.29) is 30.1 Å². The van der Waals surface area contributed by atoms with E-state index in [9.17, 15) is 27.6 Å². The Morgan fingerprint density at radius 2 is 1.76 bits per heavy atom. The van der Waals surface area contributed by atoms with Gasteiger partial charge in [0.15, 0.2) is 11.5 Å². The van der Waals surface area contributed by atoms with Crippen LogP contribution in [-0.4, -0.2) is 54.6 Å². The molecule has 0 saturated heterocycles. The molecule has 0 saturated carbocycles. The Balaban J connectivity index is 1.70. The molecule has 3 aromatic rings. The largest absolute Gasteiger partial charge is 0.486 e. The molecule has 2 heterocycles. The van der Waals surface area contributed by atoms with Crippen LogP contribution in [0.2, 0.25) is 0 Å². The minimum absolute atomic E-state index is 0.00154. The van der Waals surface area contributed by atoms with Crippen LogP contribution in [0.15, 0.2) is 59.4 Å². The molecule has 194 valence electrons. The van der Waals surface area contributed by atoms with Gasteiger partial charge in [0, 0.05) is 25.5 Å². The molecule has 0 spiro atoms. The number of ether oxygens (including phenoxy) is 2. The number of alkyl halides is 3. The summed E-state index contributed by atoms with van der Waals surface area (Å²) in [5.41, 5.74) is -2.26. The van der Waals surface area contributed by atoms with Gasteiger partial charge in [-0.2, -0.15) is 13.2 Å². The van der Waals surface area contributed by atoms with Gasteiger partial charge in [-0.1, -0.05) is 18.2 Å². The number of benzene rings is 2. The van der Waals surface area contributed by atoms with Gasteiger partial charge in [0.2, 0.25) is 0 Å². The molecule has 2 amide bonds. The SMILES string of the molecule is Cc1c(C(=O)N(C)C)cc(C(=O)NCC2COc3ccccc3O2)c(=O)n1-c1cccc(C(F)(F)F)c1. The molecule has 1 atom stereocenters. The van der Waals surface area contributed by atoms with E-state index in [0.29, 0.717) is 11.5 Å². The number of hydrogen-bond acceptors (Lipinski definition) is 5. The summed E-state index contributed by atoms with van der Waals surface area (Å²) in [4.78, 5) is 40.6. The maximum atomic E-state index is 13.4. The van der Waals surface area contributed by atoms with Gasteiger partial charge in [0.25, 0.3) is 17.4 Å². The molecule has 2 aromatic carbocycles. The summed E-state index contributed by atoms with van der Waals surface area (Å²) < 4.78 is 52.4. The first-order valence-electron chi connectivity index (χ1n) is 11.3. The summed E-state index contributed by atoms with van der Waals surface area (Å²) in [6, 6.07) is 12.3. The number of carbonyl (C=O) groups excluding carboxylic acids is 2. The summed E-state index contributed by atoms with van der Waals surface area (Å²) in [5, 5.41) is 2.61. The Morgan fingerprint density at radius 3 is 2.43 bits per heavy atom. The third-order valence-electron chi connectivity index (χ3n) is 5.82. The molecule has 1 aliphatic rings. The summed E-state index contributed by atoms with van der Waals surface area (Å²) in [6.07, 6.45) is -5.19. The van der Waals surface area contributed by atoms with Crippen molar-refractivity contribution in [1.29, 1.82) is 0 Å². The number of fused-ring (bicyclic) bond motifs is 1. The smallest absolute Gasteiger partial charge is 0.416 e. The van der Waals surface area contributed by atoms with Crippen LogP contribution in [0.25, 0.3) is 5.69 Å². The van der Waals surface area contributed by atoms with Crippen LogP contribution in [0, 0.1) is 6.92 Å². The fourth-order valence-corrected chi connectivity index (χ4v) is 3.92. The Kier molecular flexibility index (Phi) is 6.97. The molecular formula is C26H24F3N3O5. The lowest BCUT2D eigenvalue weighted by Gasteiger charge is -2.26. The Hall–Kier alpha value is -4.28. The molecule has 1 N–H and O–H groups in total. The molecule has 1 aromatic heterocycles. The van der Waals surface area contributed by atoms with E-state index in [1.165, 1.54) is 32.0 Å². The monoisotopic (exact) mass is 515 g/mol. The molecule has 11 heteroatoms. The maximum Gasteiger partial charge on any atom is 0.416 e. The number of aromatic nitrogens is 1. The molecule has 0 bridgehead atoms. The lowest BCUT2D eigenvalue weighted by atomic mass is 10.1. The van der Waals surface area contributed by atoms with Crippen LogP contribution in [0.3, 0.4) is 0 Å². The average Bonchev–Trinajstić information content (AvgIpc) is 2.86. The highest BCUT2D eigenvalue weighted by atomic mass is 19.4. The van der Waals surface area contributed by atoms with Gasteiger partial charge in [-0.15, -0.1) is 0 Å². The second-order valence-corrected chi connectivity index (χ2v) is 8.65. The van der Waals surface area contributed by atoms with E-state index in [4.69, 9.17) is 9.47 Å². The fraction of sp³-hybridized carbons (Fsp3) is 0.269. The second-order valence-electron chi connectivity index (χ2n) is 8.65. The van der Waals surface area contributed by atoms with Gasteiger partial charge in [0.05, 0.1) is 17.7 Å². The van der Waals surface area contributed by atoms with Crippen LogP contribution in [0.5, 0.6) is 11.5 Å². The minimum Gasteiger partial charge on any atom is -0.486 e. The van der Waals surface area contributed by atoms with Crippen molar-refractivity contribution in [3.05, 3.63) is 87.3 Å². The number of pyridine rings is 1. The number of para-hydroxylation sites is 2. The lowest BCUT2D eigenvalue weighted by Crippen LogP contribution is -2.43. The quantitative estimate of drug-likeness (QED) is 0.563. The molecular weight excluding hydrogens is 491 g/mol. The molecule has 0 fully saturated rings. The van der Waals surface area contributed by atoms with Crippen LogP contribution < -0.4 is 20.3 Å². The third-order valence-corrected chi connectivity index (χ3v) is 5.82. The van der Waals surface area contributed by atoms with E-state index in [0.717, 1.165) is 28.8 Å². The highest BCUT2D eigenvalue weighted by Gasteiger charge is 2.31. The zero-order chi connectivity index (χ0) is 26.9. The number of hydrogen-bond donors (Lipinski definition) is 1. The van der Waals surface area contributed by atoms with Gasteiger partial charge < -0.3 is 19.7 Å². The summed E-state index contributed by atoms with van der Waals surface area (Å²) >= 11 is 0. The predicted octanol–water partition coefficient (Wildman–Crippen LogP) is 3.44. The Labute approximate surface area is 210 Å². The lowest BCUT2D eigenvalue weighted by molar-refractivity contribution is -0.137. The predicted molar refractivity (Wildman–Crippen MR) is 128 cm³/mol. The van der Waals surface area contributed by atoms with Crippen molar-refractivity contribution >= 4 is 11.8 Å². The highest BCUT2D eigenvalue weighted by Crippen LogP contribution is 2.31. The van der Waals surface area contributed by atoms with Crippen molar-refractivity contribution in [2.75, 3.05) is 27.2 Å². The van der Waals surface area contributed by atoms with Crippen molar-refractivity contribution in [2.45, 2.75) is 19.2 Å². The van der Waals surface area contributed by atoms with Crippen LogP contribution in [-0.2, 0) is 6.18 Å². The van der Waals surface area contributed by atoms with Crippen LogP contribution in [0.4, 0.5) is 13.2 Å². The summed E-state index contributed by atoms with van der Waals surface area (Å²) in [5.74, 6) is -0.248. The molecule has 0 radical (unpaired) electrons. The molecule has 8 nitrogen and oxygen atoms in total. The van der Waals surface area contributed by atoms with Crippen molar-refractivity contribution in [1.82, 2.24) is 14.8 Å². The van der Waals surface area contributed by atoms with Gasteiger partial charge in [-0.3, -0.25) is 19.0 Å². The normalized spacial score (nSPS) is 14.7. The number of carbonyl (C=O) groups is 2. The van der Waals surface area contributed by atoms with Gasteiger partial charge >= 0.3 is 6.18 Å². The van der Waals surface area contributed by atoms with E-state index in [2.05, 4.69) is 5.32 Å². The van der Waals surface area contributed by atoms with Gasteiger partial charge in [0.1, 0.15) is 18.3 Å². The average molecular weight is 515 g/mol. The zero-order valence-electron chi connectivity index (χ0n) is 20.3. The summed E-state index contributed by atoms with van der Waals surface area (Å²) in [6.45, 7) is 1.58.